The number of aliphatic hydroxyl groups is 3. The maximum absolute atomic E-state index is 10.7. The first-order valence-electron chi connectivity index (χ1n) is 13.7. The summed E-state index contributed by atoms with van der Waals surface area (Å²) in [6.45, 7) is 4.94. The molecule has 0 saturated heterocycles. The number of benzene rings is 1. The van der Waals surface area contributed by atoms with E-state index in [4.69, 9.17) is 19.7 Å². The molecule has 3 aromatic heterocycles. The van der Waals surface area contributed by atoms with Crippen molar-refractivity contribution in [3.8, 4) is 16.5 Å². The van der Waals surface area contributed by atoms with Crippen molar-refractivity contribution in [2.45, 2.75) is 57.9 Å². The van der Waals surface area contributed by atoms with Gasteiger partial charge in [0.05, 0.1) is 34.7 Å². The molecule has 0 unspecified atom stereocenters. The van der Waals surface area contributed by atoms with E-state index in [1.54, 1.807) is 6.20 Å². The number of nitrogens with one attached hydrogen (secondary N) is 2. The highest BCUT2D eigenvalue weighted by Crippen LogP contribution is 2.40. The van der Waals surface area contributed by atoms with Crippen LogP contribution in [0.1, 0.15) is 36.1 Å². The number of ether oxygens (including phenoxy) is 1. The maximum Gasteiger partial charge on any atom is 0.241 e. The zero-order valence-corrected chi connectivity index (χ0v) is 23.4. The van der Waals surface area contributed by atoms with Gasteiger partial charge in [0.15, 0.2) is 0 Å². The summed E-state index contributed by atoms with van der Waals surface area (Å²) in [6, 6.07) is 9.67. The highest BCUT2D eigenvalue weighted by atomic mass is 32.1. The van der Waals surface area contributed by atoms with E-state index >= 15 is 0 Å². The van der Waals surface area contributed by atoms with Gasteiger partial charge in [0.2, 0.25) is 11.8 Å². The molecule has 5 N–H and O–H groups in total. The lowest BCUT2D eigenvalue weighted by Crippen LogP contribution is -2.35. The molecule has 210 valence electrons. The Morgan fingerprint density at radius 3 is 2.55 bits per heavy atom. The fraction of sp³-hybridized carbons (Fsp3) is 0.448. The first-order chi connectivity index (χ1) is 19.4. The quantitative estimate of drug-likeness (QED) is 0.194. The lowest BCUT2D eigenvalue weighted by molar-refractivity contribution is 0.00446. The Bertz CT molecular complexity index is 1490. The second kappa shape index (κ2) is 11.2. The van der Waals surface area contributed by atoms with Crippen LogP contribution in [0.5, 0.6) is 5.88 Å². The average Bonchev–Trinajstić information content (AvgIpc) is 3.62. The number of fused-ring (bicyclic) bond motifs is 1. The van der Waals surface area contributed by atoms with E-state index in [0.29, 0.717) is 64.9 Å². The lowest BCUT2D eigenvalue weighted by Gasteiger charge is -2.21. The van der Waals surface area contributed by atoms with Gasteiger partial charge in [0, 0.05) is 25.3 Å². The molecule has 3 heterocycles. The van der Waals surface area contributed by atoms with Crippen LogP contribution in [0.2, 0.25) is 0 Å². The first-order valence-corrected chi connectivity index (χ1v) is 14.5. The van der Waals surface area contributed by atoms with Crippen molar-refractivity contribution in [1.82, 2.24) is 19.9 Å². The molecule has 2 aliphatic carbocycles. The summed E-state index contributed by atoms with van der Waals surface area (Å²) in [6.07, 6.45) is 2.44. The van der Waals surface area contributed by atoms with Crippen LogP contribution in [0.25, 0.3) is 20.8 Å². The largest absolute Gasteiger partial charge is 0.476 e. The van der Waals surface area contributed by atoms with E-state index in [-0.39, 0.29) is 6.61 Å². The number of nitrogens with zero attached hydrogens (tertiary/aromatic N) is 4. The van der Waals surface area contributed by atoms with E-state index in [2.05, 4.69) is 46.8 Å². The molecule has 0 amide bonds. The third-order valence-electron chi connectivity index (χ3n) is 7.66. The molecule has 0 bridgehead atoms. The SMILES string of the molecule is Cc1ccc(CNc2nc(C)c(-c3nc4c(OCC5CC5)nccc4s3)c(N[C@@H]3C[C@H](CO)[C@@H](O)[C@H]3O)n2)cc1. The summed E-state index contributed by atoms with van der Waals surface area (Å²) in [7, 11) is 0. The number of aromatic nitrogens is 4. The van der Waals surface area contributed by atoms with Crippen molar-refractivity contribution < 1.29 is 20.1 Å². The van der Waals surface area contributed by atoms with Crippen LogP contribution in [-0.4, -0.2) is 66.7 Å². The molecule has 6 rings (SSSR count). The van der Waals surface area contributed by atoms with Crippen LogP contribution in [-0.2, 0) is 6.54 Å². The van der Waals surface area contributed by atoms with E-state index in [0.717, 1.165) is 10.3 Å². The second-order valence-corrected chi connectivity index (χ2v) is 11.9. The topological polar surface area (TPSA) is 146 Å². The van der Waals surface area contributed by atoms with Gasteiger partial charge in [-0.3, -0.25) is 0 Å². The molecule has 0 aliphatic heterocycles. The molecule has 11 heteroatoms. The second-order valence-electron chi connectivity index (χ2n) is 10.8. The third-order valence-corrected chi connectivity index (χ3v) is 8.70. The summed E-state index contributed by atoms with van der Waals surface area (Å²) in [5.41, 5.74) is 4.42. The van der Waals surface area contributed by atoms with Crippen molar-refractivity contribution in [2.75, 3.05) is 23.8 Å². The van der Waals surface area contributed by atoms with Gasteiger partial charge in [0.25, 0.3) is 0 Å². The average molecular weight is 563 g/mol. The number of thiazole rings is 1. The monoisotopic (exact) mass is 562 g/mol. The molecular formula is C29H34N6O4S. The van der Waals surface area contributed by atoms with Crippen LogP contribution in [0, 0.1) is 25.7 Å². The van der Waals surface area contributed by atoms with Crippen molar-refractivity contribution in [2.24, 2.45) is 11.8 Å². The van der Waals surface area contributed by atoms with E-state index in [9.17, 15) is 15.3 Å². The van der Waals surface area contributed by atoms with Gasteiger partial charge in [-0.25, -0.2) is 15.0 Å². The smallest absolute Gasteiger partial charge is 0.241 e. The minimum atomic E-state index is -1.05. The van der Waals surface area contributed by atoms with Crippen molar-refractivity contribution in [1.29, 1.82) is 0 Å². The molecule has 10 nitrogen and oxygen atoms in total. The Morgan fingerprint density at radius 2 is 1.82 bits per heavy atom. The molecule has 2 saturated carbocycles. The molecular weight excluding hydrogens is 528 g/mol. The van der Waals surface area contributed by atoms with E-state index in [1.165, 1.54) is 29.7 Å². The third kappa shape index (κ3) is 5.60. The standard InChI is InChI=1S/C29H34N6O4S/c1-15-3-5-17(6-4-15)12-31-29-32-16(2)22(26(35-29)33-20-11-19(13-36)24(37)25(20)38)28-34-23-21(40-28)9-10-30-27(23)39-14-18-7-8-18/h3-6,9-10,18-20,24-25,36-38H,7-8,11-14H2,1-2H3,(H2,31,32,33,35)/t19-,20-,24-,25+/m1/s1. The molecule has 1 aromatic carbocycles. The minimum Gasteiger partial charge on any atom is -0.476 e. The van der Waals surface area contributed by atoms with Crippen molar-refractivity contribution >= 4 is 33.3 Å². The van der Waals surface area contributed by atoms with Crippen LogP contribution in [0.4, 0.5) is 11.8 Å². The van der Waals surface area contributed by atoms with Crippen LogP contribution < -0.4 is 15.4 Å². The Morgan fingerprint density at radius 1 is 1.02 bits per heavy atom. The lowest BCUT2D eigenvalue weighted by atomic mass is 10.1. The molecule has 40 heavy (non-hydrogen) atoms. The molecule has 4 atom stereocenters. The Kier molecular flexibility index (Phi) is 7.54. The summed E-state index contributed by atoms with van der Waals surface area (Å²) in [5.74, 6) is 1.64. The zero-order chi connectivity index (χ0) is 27.8. The molecule has 0 radical (unpaired) electrons. The number of aryl methyl sites for hydroxylation is 2. The van der Waals surface area contributed by atoms with Gasteiger partial charge < -0.3 is 30.7 Å². The first kappa shape index (κ1) is 26.8. The summed E-state index contributed by atoms with van der Waals surface area (Å²) in [5, 5.41) is 38.2. The number of rotatable bonds is 10. The van der Waals surface area contributed by atoms with Crippen LogP contribution in [0.15, 0.2) is 36.5 Å². The highest BCUT2D eigenvalue weighted by Gasteiger charge is 2.41. The van der Waals surface area contributed by atoms with Gasteiger partial charge in [0.1, 0.15) is 22.4 Å². The number of anilines is 2. The molecule has 0 spiro atoms. The molecule has 4 aromatic rings. The fourth-order valence-corrected chi connectivity index (χ4v) is 6.10. The van der Waals surface area contributed by atoms with Gasteiger partial charge in [-0.05, 0) is 50.7 Å². The van der Waals surface area contributed by atoms with E-state index < -0.39 is 24.2 Å². The van der Waals surface area contributed by atoms with Gasteiger partial charge in [-0.15, -0.1) is 11.3 Å². The van der Waals surface area contributed by atoms with Crippen LogP contribution in [0.3, 0.4) is 0 Å². The fourth-order valence-electron chi connectivity index (χ4n) is 5.05. The van der Waals surface area contributed by atoms with Crippen molar-refractivity contribution in [3.05, 3.63) is 53.3 Å². The predicted octanol–water partition coefficient (Wildman–Crippen LogP) is 3.68. The number of aliphatic hydroxyl groups excluding tert-OH is 3. The Balaban J connectivity index is 1.35. The Labute approximate surface area is 236 Å². The number of pyridine rings is 1. The van der Waals surface area contributed by atoms with Gasteiger partial charge in [-0.2, -0.15) is 4.98 Å². The summed E-state index contributed by atoms with van der Waals surface area (Å²) < 4.78 is 6.95. The Hall–Kier alpha value is -3.38. The highest BCUT2D eigenvalue weighted by molar-refractivity contribution is 7.21. The van der Waals surface area contributed by atoms with Crippen molar-refractivity contribution in [3.63, 3.8) is 0 Å². The normalized spacial score (nSPS) is 22.5. The predicted molar refractivity (Wildman–Crippen MR) is 155 cm³/mol. The molecule has 2 fully saturated rings. The van der Waals surface area contributed by atoms with Gasteiger partial charge in [-0.1, -0.05) is 29.8 Å². The zero-order valence-electron chi connectivity index (χ0n) is 22.5. The molecule has 2 aliphatic rings. The summed E-state index contributed by atoms with van der Waals surface area (Å²) in [4.78, 5) is 18.9. The summed E-state index contributed by atoms with van der Waals surface area (Å²) >= 11 is 1.50. The van der Waals surface area contributed by atoms with E-state index in [1.807, 2.05) is 13.0 Å². The minimum absolute atomic E-state index is 0.204. The number of hydrogen-bond donors (Lipinski definition) is 5. The maximum atomic E-state index is 10.7. The number of hydrogen-bond acceptors (Lipinski definition) is 11. The van der Waals surface area contributed by atoms with Crippen LogP contribution >= 0.6 is 11.3 Å². The van der Waals surface area contributed by atoms with Gasteiger partial charge >= 0.3 is 0 Å².